The highest BCUT2D eigenvalue weighted by Gasteiger charge is 2.29. The van der Waals surface area contributed by atoms with Gasteiger partial charge in [-0.2, -0.15) is 0 Å². The number of amides is 2. The van der Waals surface area contributed by atoms with Gasteiger partial charge in [-0.1, -0.05) is 23.3 Å². The van der Waals surface area contributed by atoms with Crippen LogP contribution in [0.15, 0.2) is 59.7 Å². The summed E-state index contributed by atoms with van der Waals surface area (Å²) in [7, 11) is 4.50. The van der Waals surface area contributed by atoms with E-state index in [0.29, 0.717) is 61.1 Å². The Hall–Kier alpha value is -5.08. The predicted molar refractivity (Wildman–Crippen MR) is 222 cm³/mol. The normalized spacial score (nSPS) is 17.4. The SMILES string of the molecule is C/C(=C\c1ccc(F)cc1F)CNC1CCCN(C(=O)OC(C)(C)C)C1.COc1cc(C(=O)N(C/C(C)=C/c2ccc(F)cc2F)C2CCCNC2)cc(OC)c1OC. The zero-order valence-electron chi connectivity index (χ0n) is 35.4. The van der Waals surface area contributed by atoms with Crippen LogP contribution in [0, 0.1) is 23.3 Å². The van der Waals surface area contributed by atoms with Gasteiger partial charge in [0.15, 0.2) is 11.5 Å². The van der Waals surface area contributed by atoms with Crippen LogP contribution in [0.5, 0.6) is 17.2 Å². The Bertz CT molecular complexity index is 1940. The maximum atomic E-state index is 14.1. The summed E-state index contributed by atoms with van der Waals surface area (Å²) in [5.74, 6) is -1.44. The number of nitrogens with one attached hydrogen (secondary N) is 2. The van der Waals surface area contributed by atoms with Crippen molar-refractivity contribution in [2.75, 3.05) is 60.6 Å². The van der Waals surface area contributed by atoms with Gasteiger partial charge < -0.3 is 39.4 Å². The lowest BCUT2D eigenvalue weighted by atomic mass is 10.0. The van der Waals surface area contributed by atoms with Crippen LogP contribution in [0.25, 0.3) is 12.2 Å². The summed E-state index contributed by atoms with van der Waals surface area (Å²) >= 11 is 0. The Morgan fingerprint density at radius 1 is 0.847 bits per heavy atom. The van der Waals surface area contributed by atoms with Crippen LogP contribution in [0.3, 0.4) is 0 Å². The highest BCUT2D eigenvalue weighted by molar-refractivity contribution is 5.96. The first kappa shape index (κ1) is 46.6. The van der Waals surface area contributed by atoms with E-state index in [1.54, 1.807) is 34.1 Å². The van der Waals surface area contributed by atoms with E-state index in [4.69, 9.17) is 18.9 Å². The second-order valence-electron chi connectivity index (χ2n) is 15.8. The molecule has 2 atom stereocenters. The summed E-state index contributed by atoms with van der Waals surface area (Å²) in [5.41, 5.74) is 2.24. The third kappa shape index (κ3) is 14.0. The first-order valence-corrected chi connectivity index (χ1v) is 19.8. The topological polar surface area (TPSA) is 102 Å². The van der Waals surface area contributed by atoms with Crippen LogP contribution >= 0.6 is 0 Å². The second kappa shape index (κ2) is 21.8. The fraction of sp³-hybridized carbons (Fsp3) is 0.467. The molecule has 0 radical (unpaired) electrons. The van der Waals surface area contributed by atoms with E-state index in [1.165, 1.54) is 45.6 Å². The molecule has 10 nitrogen and oxygen atoms in total. The van der Waals surface area contributed by atoms with Gasteiger partial charge in [-0.15, -0.1) is 0 Å². The number of halogens is 4. The van der Waals surface area contributed by atoms with E-state index in [2.05, 4.69) is 10.6 Å². The average Bonchev–Trinajstić information content (AvgIpc) is 3.20. The number of carbonyl (C=O) groups is 2. The molecule has 3 aromatic carbocycles. The lowest BCUT2D eigenvalue weighted by Gasteiger charge is -2.35. The summed E-state index contributed by atoms with van der Waals surface area (Å²) in [6.45, 7) is 13.0. The minimum atomic E-state index is -0.642. The van der Waals surface area contributed by atoms with Gasteiger partial charge in [0.1, 0.15) is 28.9 Å². The Morgan fingerprint density at radius 2 is 1.44 bits per heavy atom. The molecule has 0 spiro atoms. The van der Waals surface area contributed by atoms with Gasteiger partial charge >= 0.3 is 6.09 Å². The molecule has 322 valence electrons. The average molecular weight is 827 g/mol. The van der Waals surface area contributed by atoms with Crippen molar-refractivity contribution >= 4 is 24.2 Å². The number of benzene rings is 3. The standard InChI is InChI=1S/C25H30F2N2O4.C20H28F2N2O2/c1-16(10-17-7-8-19(26)13-21(17)27)15-29(20-6-5-9-28-14-20)25(30)18-11-22(31-2)24(33-4)23(12-18)32-3;1-14(10-15-7-8-16(21)11-18(15)22)12-23-17-6-5-9-24(13-17)19(25)26-20(2,3)4/h7-8,10-13,20,28H,5-6,9,14-15H2,1-4H3;7-8,10-11,17,23H,5-6,9,12-13H2,1-4H3/b16-10+;14-10+. The Morgan fingerprint density at radius 3 is 1.95 bits per heavy atom. The quantitative estimate of drug-likeness (QED) is 0.175. The number of hydrogen-bond donors (Lipinski definition) is 2. The van der Waals surface area contributed by atoms with E-state index in [0.717, 1.165) is 55.5 Å². The molecule has 2 heterocycles. The molecule has 2 aliphatic heterocycles. The van der Waals surface area contributed by atoms with Crippen LogP contribution in [0.4, 0.5) is 22.4 Å². The maximum Gasteiger partial charge on any atom is 0.410 e. The van der Waals surface area contributed by atoms with Crippen LogP contribution in [0.1, 0.15) is 81.8 Å². The van der Waals surface area contributed by atoms with Gasteiger partial charge in [0.2, 0.25) is 5.75 Å². The molecule has 0 bridgehead atoms. The van der Waals surface area contributed by atoms with Crippen LogP contribution in [-0.2, 0) is 4.74 Å². The number of hydrogen-bond acceptors (Lipinski definition) is 8. The molecule has 2 aliphatic rings. The highest BCUT2D eigenvalue weighted by Crippen LogP contribution is 2.39. The molecule has 2 amide bonds. The molecule has 59 heavy (non-hydrogen) atoms. The largest absolute Gasteiger partial charge is 0.493 e. The van der Waals surface area contributed by atoms with Gasteiger partial charge in [0.05, 0.1) is 21.3 Å². The Kier molecular flexibility index (Phi) is 17.2. The highest BCUT2D eigenvalue weighted by atomic mass is 19.1. The van der Waals surface area contributed by atoms with Crippen LogP contribution in [0.2, 0.25) is 0 Å². The lowest BCUT2D eigenvalue weighted by molar-refractivity contribution is 0.0188. The second-order valence-corrected chi connectivity index (χ2v) is 15.8. The number of ether oxygens (including phenoxy) is 4. The molecule has 3 aromatic rings. The van der Waals surface area contributed by atoms with Crippen molar-refractivity contribution in [3.05, 3.63) is 99.6 Å². The van der Waals surface area contributed by atoms with E-state index in [9.17, 15) is 27.2 Å². The van der Waals surface area contributed by atoms with Crippen molar-refractivity contribution in [1.29, 1.82) is 0 Å². The molecular weight excluding hydrogens is 769 g/mol. The number of likely N-dealkylation sites (tertiary alicyclic amines) is 1. The number of piperidine rings is 2. The van der Waals surface area contributed by atoms with Gasteiger partial charge in [0, 0.05) is 73.6 Å². The number of rotatable bonds is 12. The van der Waals surface area contributed by atoms with Crippen molar-refractivity contribution in [3.8, 4) is 17.2 Å². The molecule has 2 saturated heterocycles. The third-order valence-corrected chi connectivity index (χ3v) is 9.78. The smallest absolute Gasteiger partial charge is 0.410 e. The van der Waals surface area contributed by atoms with Gasteiger partial charge in [-0.05, 0) is 103 Å². The first-order valence-electron chi connectivity index (χ1n) is 19.8. The van der Waals surface area contributed by atoms with Gasteiger partial charge in [-0.3, -0.25) is 4.79 Å². The Balaban J connectivity index is 0.000000268. The molecule has 14 heteroatoms. The van der Waals surface area contributed by atoms with Crippen molar-refractivity contribution in [2.24, 2.45) is 0 Å². The zero-order chi connectivity index (χ0) is 43.3. The molecule has 2 unspecified atom stereocenters. The third-order valence-electron chi connectivity index (χ3n) is 9.78. The summed E-state index contributed by atoms with van der Waals surface area (Å²) in [5, 5.41) is 6.74. The van der Waals surface area contributed by atoms with Crippen molar-refractivity contribution < 1.29 is 46.1 Å². The molecule has 2 N–H and O–H groups in total. The zero-order valence-corrected chi connectivity index (χ0v) is 35.4. The van der Waals surface area contributed by atoms with Crippen LogP contribution < -0.4 is 24.8 Å². The lowest BCUT2D eigenvalue weighted by Crippen LogP contribution is -2.49. The van der Waals surface area contributed by atoms with Crippen molar-refractivity contribution in [3.63, 3.8) is 0 Å². The summed E-state index contributed by atoms with van der Waals surface area (Å²) in [6, 6.07) is 10.4. The molecular formula is C45H58F4N4O6. The first-order chi connectivity index (χ1) is 28.0. The number of carbonyl (C=O) groups excluding carboxylic acids is 2. The molecule has 0 saturated carbocycles. The monoisotopic (exact) mass is 826 g/mol. The van der Waals surface area contributed by atoms with Gasteiger partial charge in [0.25, 0.3) is 5.91 Å². The minimum absolute atomic E-state index is 0.0354. The van der Waals surface area contributed by atoms with Crippen molar-refractivity contribution in [1.82, 2.24) is 20.4 Å². The maximum absolute atomic E-state index is 14.1. The summed E-state index contributed by atoms with van der Waals surface area (Å²) in [6.07, 6.45) is 6.73. The fourth-order valence-corrected chi connectivity index (χ4v) is 6.91. The summed E-state index contributed by atoms with van der Waals surface area (Å²) in [4.78, 5) is 29.4. The Labute approximate surface area is 345 Å². The predicted octanol–water partition coefficient (Wildman–Crippen LogP) is 8.65. The number of nitrogens with zero attached hydrogens (tertiary/aromatic N) is 2. The van der Waals surface area contributed by atoms with Gasteiger partial charge in [-0.25, -0.2) is 22.4 Å². The van der Waals surface area contributed by atoms with Crippen LogP contribution in [-0.4, -0.2) is 100 Å². The molecule has 0 aromatic heterocycles. The molecule has 0 aliphatic carbocycles. The van der Waals surface area contributed by atoms with Crippen molar-refractivity contribution in [2.45, 2.75) is 78.0 Å². The van der Waals surface area contributed by atoms with E-state index in [1.807, 2.05) is 34.6 Å². The minimum Gasteiger partial charge on any atom is -0.493 e. The number of methoxy groups -OCH3 is 3. The van der Waals surface area contributed by atoms with E-state index < -0.39 is 28.9 Å². The van der Waals surface area contributed by atoms with E-state index in [-0.39, 0.29) is 29.6 Å². The summed E-state index contributed by atoms with van der Waals surface area (Å²) < 4.78 is 75.7. The van der Waals surface area contributed by atoms with E-state index >= 15 is 0 Å². The molecule has 5 rings (SSSR count). The fourth-order valence-electron chi connectivity index (χ4n) is 6.91. The molecule has 2 fully saturated rings.